The molecule has 1 aromatic rings. The SMILES string of the molecule is CC1OCCC1Nc1ccc(F)c(F)c1F. The molecule has 0 saturated carbocycles. The predicted octanol–water partition coefficient (Wildman–Crippen LogP) is 2.69. The van der Waals surface area contributed by atoms with Gasteiger partial charge >= 0.3 is 0 Å². The van der Waals surface area contributed by atoms with Crippen LogP contribution in [0, 0.1) is 17.5 Å². The number of benzene rings is 1. The summed E-state index contributed by atoms with van der Waals surface area (Å²) in [5.74, 6) is -3.81. The number of halogens is 3. The van der Waals surface area contributed by atoms with Gasteiger partial charge < -0.3 is 10.1 Å². The van der Waals surface area contributed by atoms with E-state index in [1.165, 1.54) is 6.07 Å². The zero-order valence-electron chi connectivity index (χ0n) is 8.77. The first-order valence-corrected chi connectivity index (χ1v) is 5.11. The molecule has 0 spiro atoms. The first kappa shape index (κ1) is 11.3. The molecule has 2 unspecified atom stereocenters. The van der Waals surface area contributed by atoms with Gasteiger partial charge in [-0.3, -0.25) is 0 Å². The topological polar surface area (TPSA) is 21.3 Å². The molecule has 0 aliphatic carbocycles. The van der Waals surface area contributed by atoms with Crippen molar-refractivity contribution in [3.8, 4) is 0 Å². The standard InChI is InChI=1S/C11H12F3NO/c1-6-8(4-5-16-6)15-9-3-2-7(12)10(13)11(9)14/h2-3,6,8,15H,4-5H2,1H3. The van der Waals surface area contributed by atoms with Crippen molar-refractivity contribution < 1.29 is 17.9 Å². The van der Waals surface area contributed by atoms with Crippen LogP contribution in [0.25, 0.3) is 0 Å². The van der Waals surface area contributed by atoms with Crippen LogP contribution in [0.4, 0.5) is 18.9 Å². The highest BCUT2D eigenvalue weighted by Crippen LogP contribution is 2.23. The van der Waals surface area contributed by atoms with Crippen molar-refractivity contribution in [3.63, 3.8) is 0 Å². The van der Waals surface area contributed by atoms with Crippen molar-refractivity contribution in [3.05, 3.63) is 29.6 Å². The third-order valence-corrected chi connectivity index (χ3v) is 2.75. The zero-order chi connectivity index (χ0) is 11.7. The van der Waals surface area contributed by atoms with Gasteiger partial charge in [-0.25, -0.2) is 13.2 Å². The Balaban J connectivity index is 2.18. The Labute approximate surface area is 91.4 Å². The summed E-state index contributed by atoms with van der Waals surface area (Å²) in [4.78, 5) is 0. The number of rotatable bonds is 2. The molecular weight excluding hydrogens is 219 g/mol. The fourth-order valence-electron chi connectivity index (χ4n) is 1.76. The van der Waals surface area contributed by atoms with Crippen LogP contribution in [-0.4, -0.2) is 18.8 Å². The van der Waals surface area contributed by atoms with E-state index in [9.17, 15) is 13.2 Å². The second-order valence-corrected chi connectivity index (χ2v) is 3.84. The van der Waals surface area contributed by atoms with Crippen molar-refractivity contribution in [2.75, 3.05) is 11.9 Å². The lowest BCUT2D eigenvalue weighted by atomic mass is 10.1. The fourth-order valence-corrected chi connectivity index (χ4v) is 1.76. The summed E-state index contributed by atoms with van der Waals surface area (Å²) in [5, 5.41) is 2.82. The maximum absolute atomic E-state index is 13.3. The molecule has 88 valence electrons. The number of nitrogens with one attached hydrogen (secondary N) is 1. The van der Waals surface area contributed by atoms with Gasteiger partial charge in [-0.05, 0) is 25.5 Å². The molecule has 1 saturated heterocycles. The summed E-state index contributed by atoms with van der Waals surface area (Å²) in [6.07, 6.45) is 0.659. The molecule has 0 bridgehead atoms. The molecule has 1 aromatic carbocycles. The molecule has 0 aromatic heterocycles. The lowest BCUT2D eigenvalue weighted by molar-refractivity contribution is 0.121. The Hall–Kier alpha value is -1.23. The third-order valence-electron chi connectivity index (χ3n) is 2.75. The zero-order valence-corrected chi connectivity index (χ0v) is 8.77. The van der Waals surface area contributed by atoms with Crippen molar-refractivity contribution in [2.24, 2.45) is 0 Å². The van der Waals surface area contributed by atoms with Gasteiger partial charge in [0.25, 0.3) is 0 Å². The summed E-state index contributed by atoms with van der Waals surface area (Å²) in [6.45, 7) is 2.44. The maximum atomic E-state index is 13.3. The highest BCUT2D eigenvalue weighted by molar-refractivity contribution is 5.46. The number of hydrogen-bond acceptors (Lipinski definition) is 2. The molecule has 1 aliphatic rings. The summed E-state index contributed by atoms with van der Waals surface area (Å²) in [6, 6.07) is 2.03. The van der Waals surface area contributed by atoms with Crippen molar-refractivity contribution in [2.45, 2.75) is 25.5 Å². The summed E-state index contributed by atoms with van der Waals surface area (Å²) in [5.41, 5.74) is -0.0266. The minimum absolute atomic E-state index is 0.0266. The molecule has 1 fully saturated rings. The van der Waals surface area contributed by atoms with Crippen LogP contribution in [0.5, 0.6) is 0 Å². The van der Waals surface area contributed by atoms with E-state index in [0.29, 0.717) is 6.61 Å². The minimum Gasteiger partial charge on any atom is -0.377 e. The van der Waals surface area contributed by atoms with Crippen LogP contribution in [0.1, 0.15) is 13.3 Å². The molecule has 1 N–H and O–H groups in total. The van der Waals surface area contributed by atoms with Gasteiger partial charge in [0, 0.05) is 6.61 Å². The second kappa shape index (κ2) is 4.33. The van der Waals surface area contributed by atoms with Gasteiger partial charge in [-0.1, -0.05) is 0 Å². The largest absolute Gasteiger partial charge is 0.377 e. The van der Waals surface area contributed by atoms with Crippen molar-refractivity contribution in [1.29, 1.82) is 0 Å². The van der Waals surface area contributed by atoms with Gasteiger partial charge in [-0.15, -0.1) is 0 Å². The Kier molecular flexibility index (Phi) is 3.05. The molecule has 16 heavy (non-hydrogen) atoms. The molecule has 2 rings (SSSR count). The van der Waals surface area contributed by atoms with Gasteiger partial charge in [0.2, 0.25) is 0 Å². The maximum Gasteiger partial charge on any atom is 0.196 e. The molecule has 5 heteroatoms. The van der Waals surface area contributed by atoms with Gasteiger partial charge in [0.05, 0.1) is 17.8 Å². The van der Waals surface area contributed by atoms with E-state index in [1.54, 1.807) is 0 Å². The van der Waals surface area contributed by atoms with Gasteiger partial charge in [0.15, 0.2) is 17.5 Å². The van der Waals surface area contributed by atoms with E-state index in [2.05, 4.69) is 5.32 Å². The average molecular weight is 231 g/mol. The molecule has 0 amide bonds. The van der Waals surface area contributed by atoms with Crippen LogP contribution >= 0.6 is 0 Å². The van der Waals surface area contributed by atoms with Crippen LogP contribution in [0.2, 0.25) is 0 Å². The van der Waals surface area contributed by atoms with E-state index in [-0.39, 0.29) is 17.8 Å². The monoisotopic (exact) mass is 231 g/mol. The van der Waals surface area contributed by atoms with E-state index in [0.717, 1.165) is 12.5 Å². The molecule has 2 nitrogen and oxygen atoms in total. The number of anilines is 1. The van der Waals surface area contributed by atoms with Gasteiger partial charge in [-0.2, -0.15) is 0 Å². The minimum atomic E-state index is -1.45. The van der Waals surface area contributed by atoms with Gasteiger partial charge in [0.1, 0.15) is 0 Å². The quantitative estimate of drug-likeness (QED) is 0.790. The number of hydrogen-bond donors (Lipinski definition) is 1. The highest BCUT2D eigenvalue weighted by Gasteiger charge is 2.25. The summed E-state index contributed by atoms with van der Waals surface area (Å²) < 4.78 is 44.2. The van der Waals surface area contributed by atoms with Crippen LogP contribution < -0.4 is 5.32 Å². The lowest BCUT2D eigenvalue weighted by Crippen LogP contribution is -2.27. The molecular formula is C11H12F3NO. The smallest absolute Gasteiger partial charge is 0.196 e. The fraction of sp³-hybridized carbons (Fsp3) is 0.455. The Bertz CT molecular complexity index is 397. The Morgan fingerprint density at radius 2 is 2.00 bits per heavy atom. The van der Waals surface area contributed by atoms with Crippen LogP contribution in [-0.2, 0) is 4.74 Å². The van der Waals surface area contributed by atoms with E-state index in [1.807, 2.05) is 6.92 Å². The molecule has 1 aliphatic heterocycles. The molecule has 2 atom stereocenters. The van der Waals surface area contributed by atoms with Crippen LogP contribution in [0.15, 0.2) is 12.1 Å². The second-order valence-electron chi connectivity index (χ2n) is 3.84. The summed E-state index contributed by atoms with van der Waals surface area (Å²) >= 11 is 0. The third kappa shape index (κ3) is 2.00. The van der Waals surface area contributed by atoms with Crippen molar-refractivity contribution >= 4 is 5.69 Å². The Morgan fingerprint density at radius 1 is 1.25 bits per heavy atom. The first-order valence-electron chi connectivity index (χ1n) is 5.11. The Morgan fingerprint density at radius 3 is 2.62 bits per heavy atom. The average Bonchev–Trinajstić information content (AvgIpc) is 2.65. The lowest BCUT2D eigenvalue weighted by Gasteiger charge is -2.17. The number of ether oxygens (including phenoxy) is 1. The van der Waals surface area contributed by atoms with Crippen LogP contribution in [0.3, 0.4) is 0 Å². The van der Waals surface area contributed by atoms with E-state index >= 15 is 0 Å². The van der Waals surface area contributed by atoms with Crippen molar-refractivity contribution in [1.82, 2.24) is 0 Å². The predicted molar refractivity (Wildman–Crippen MR) is 53.8 cm³/mol. The molecule has 0 radical (unpaired) electrons. The molecule has 1 heterocycles. The normalized spacial score (nSPS) is 24.8. The van der Waals surface area contributed by atoms with E-state index in [4.69, 9.17) is 4.74 Å². The van der Waals surface area contributed by atoms with E-state index < -0.39 is 17.5 Å². The first-order chi connectivity index (χ1) is 7.59. The highest BCUT2D eigenvalue weighted by atomic mass is 19.2. The summed E-state index contributed by atoms with van der Waals surface area (Å²) in [7, 11) is 0.